The average molecular weight is 415 g/mol. The third-order valence-electron chi connectivity index (χ3n) is 3.71. The van der Waals surface area contributed by atoms with Gasteiger partial charge in [-0.05, 0) is 48.0 Å². The summed E-state index contributed by atoms with van der Waals surface area (Å²) in [4.78, 5) is 36.0. The van der Waals surface area contributed by atoms with Crippen LogP contribution in [0.5, 0.6) is 5.75 Å². The van der Waals surface area contributed by atoms with Crippen LogP contribution in [0.1, 0.15) is 15.9 Å². The van der Waals surface area contributed by atoms with Gasteiger partial charge in [0.1, 0.15) is 5.75 Å². The zero-order chi connectivity index (χ0) is 20.3. The molecule has 3 rings (SSSR count). The summed E-state index contributed by atoms with van der Waals surface area (Å²) in [7, 11) is 0. The highest BCUT2D eigenvalue weighted by atomic mass is 32.2. The second-order valence-corrected chi connectivity index (χ2v) is 7.30. The van der Waals surface area contributed by atoms with E-state index in [-0.39, 0.29) is 11.5 Å². The van der Waals surface area contributed by atoms with Gasteiger partial charge in [0, 0.05) is 0 Å². The van der Waals surface area contributed by atoms with Crippen LogP contribution in [0.25, 0.3) is 6.08 Å². The number of carboxylic acids is 2. The summed E-state index contributed by atoms with van der Waals surface area (Å²) in [5.41, 5.74) is 1.34. The predicted octanol–water partition coefficient (Wildman–Crippen LogP) is 3.25. The number of aliphatic carboxylic acids is 1. The number of benzene rings is 2. The molecule has 0 bridgehead atoms. The molecule has 9 heteroatoms. The van der Waals surface area contributed by atoms with Crippen molar-refractivity contribution in [3.63, 3.8) is 0 Å². The molecule has 1 amide bonds. The summed E-state index contributed by atoms with van der Waals surface area (Å²) in [5.74, 6) is -2.01. The quantitative estimate of drug-likeness (QED) is 0.547. The number of carbonyl (C=O) groups excluding carboxylic acids is 1. The fourth-order valence-electron chi connectivity index (χ4n) is 2.40. The maximum Gasteiger partial charge on any atom is 0.341 e. The molecule has 2 N–H and O–H groups in total. The van der Waals surface area contributed by atoms with Gasteiger partial charge in [-0.3, -0.25) is 9.69 Å². The number of ether oxygens (including phenoxy) is 1. The van der Waals surface area contributed by atoms with Gasteiger partial charge in [-0.25, -0.2) is 9.59 Å². The summed E-state index contributed by atoms with van der Waals surface area (Å²) in [6.07, 6.45) is 1.67. The molecule has 0 aromatic heterocycles. The Bertz CT molecular complexity index is 982. The Hall–Kier alpha value is -3.17. The molecule has 28 heavy (non-hydrogen) atoms. The number of nitrogens with zero attached hydrogens (tertiary/aromatic N) is 1. The molecule has 0 saturated carbocycles. The van der Waals surface area contributed by atoms with Gasteiger partial charge < -0.3 is 14.9 Å². The number of rotatable bonds is 6. The first kappa shape index (κ1) is 19.6. The number of carboxylic acid groups (broad SMARTS) is 2. The Morgan fingerprint density at radius 1 is 1.07 bits per heavy atom. The molecular formula is C19H13NO6S2. The van der Waals surface area contributed by atoms with E-state index in [0.717, 1.165) is 17.3 Å². The summed E-state index contributed by atoms with van der Waals surface area (Å²) in [5, 5.41) is 17.6. The first-order valence-corrected chi connectivity index (χ1v) is 9.13. The van der Waals surface area contributed by atoms with E-state index < -0.39 is 18.5 Å². The van der Waals surface area contributed by atoms with E-state index >= 15 is 0 Å². The van der Waals surface area contributed by atoms with Gasteiger partial charge in [-0.1, -0.05) is 36.1 Å². The normalized spacial score (nSPS) is 15.1. The molecule has 0 atom stereocenters. The topological polar surface area (TPSA) is 104 Å². The number of hydrogen-bond donors (Lipinski definition) is 2. The van der Waals surface area contributed by atoms with Gasteiger partial charge in [0.15, 0.2) is 10.9 Å². The van der Waals surface area contributed by atoms with Crippen molar-refractivity contribution in [3.8, 4) is 5.75 Å². The van der Waals surface area contributed by atoms with Crippen molar-refractivity contribution >= 4 is 57.9 Å². The van der Waals surface area contributed by atoms with Gasteiger partial charge in [0.25, 0.3) is 5.91 Å². The van der Waals surface area contributed by atoms with Gasteiger partial charge in [0.2, 0.25) is 0 Å². The van der Waals surface area contributed by atoms with E-state index in [4.69, 9.17) is 27.2 Å². The Labute approximate surface area is 169 Å². The number of thioether (sulfide) groups is 1. The SMILES string of the molecule is O=C(O)COc1ccc(/C=C2\SC(=S)N(c3ccc(C(=O)O)cc3)C2=O)cc1. The molecule has 142 valence electrons. The number of thiocarbonyl (C=S) groups is 1. The summed E-state index contributed by atoms with van der Waals surface area (Å²) < 4.78 is 5.42. The molecule has 1 aliphatic rings. The summed E-state index contributed by atoms with van der Waals surface area (Å²) >= 11 is 6.44. The van der Waals surface area contributed by atoms with Crippen LogP contribution in [0.4, 0.5) is 5.69 Å². The number of hydrogen-bond acceptors (Lipinski definition) is 6. The Balaban J connectivity index is 1.77. The maximum atomic E-state index is 12.7. The van der Waals surface area contributed by atoms with Crippen LogP contribution in [-0.2, 0) is 9.59 Å². The van der Waals surface area contributed by atoms with Crippen molar-refractivity contribution < 1.29 is 29.3 Å². The smallest absolute Gasteiger partial charge is 0.341 e. The van der Waals surface area contributed by atoms with E-state index in [0.29, 0.717) is 20.7 Å². The van der Waals surface area contributed by atoms with Crippen LogP contribution >= 0.6 is 24.0 Å². The molecule has 0 unspecified atom stereocenters. The van der Waals surface area contributed by atoms with Crippen LogP contribution < -0.4 is 9.64 Å². The molecule has 1 saturated heterocycles. The molecular weight excluding hydrogens is 402 g/mol. The van der Waals surface area contributed by atoms with E-state index in [2.05, 4.69) is 0 Å². The number of anilines is 1. The van der Waals surface area contributed by atoms with Gasteiger partial charge in [-0.2, -0.15) is 0 Å². The Morgan fingerprint density at radius 2 is 1.71 bits per heavy atom. The van der Waals surface area contributed by atoms with E-state index in [1.54, 1.807) is 30.3 Å². The Kier molecular flexibility index (Phi) is 5.76. The van der Waals surface area contributed by atoms with E-state index in [1.807, 2.05) is 0 Å². The van der Waals surface area contributed by atoms with E-state index in [1.165, 1.54) is 29.2 Å². The van der Waals surface area contributed by atoms with Crippen molar-refractivity contribution in [3.05, 3.63) is 64.6 Å². The van der Waals surface area contributed by atoms with Crippen molar-refractivity contribution in [2.75, 3.05) is 11.5 Å². The molecule has 2 aromatic rings. The Morgan fingerprint density at radius 3 is 2.29 bits per heavy atom. The predicted molar refractivity (Wildman–Crippen MR) is 109 cm³/mol. The van der Waals surface area contributed by atoms with Crippen LogP contribution in [0.15, 0.2) is 53.4 Å². The monoisotopic (exact) mass is 415 g/mol. The van der Waals surface area contributed by atoms with E-state index in [9.17, 15) is 14.4 Å². The second kappa shape index (κ2) is 8.24. The van der Waals surface area contributed by atoms with Crippen molar-refractivity contribution in [1.29, 1.82) is 0 Å². The zero-order valence-electron chi connectivity index (χ0n) is 14.2. The average Bonchev–Trinajstić information content (AvgIpc) is 2.94. The first-order valence-electron chi connectivity index (χ1n) is 7.91. The minimum absolute atomic E-state index is 0.120. The number of amides is 1. The van der Waals surface area contributed by atoms with Crippen LogP contribution in [0, 0.1) is 0 Å². The van der Waals surface area contributed by atoms with Crippen LogP contribution in [-0.4, -0.2) is 39.0 Å². The highest BCUT2D eigenvalue weighted by Crippen LogP contribution is 2.36. The molecule has 0 radical (unpaired) electrons. The molecule has 1 heterocycles. The highest BCUT2D eigenvalue weighted by molar-refractivity contribution is 8.27. The van der Waals surface area contributed by atoms with Crippen molar-refractivity contribution in [1.82, 2.24) is 0 Å². The molecule has 2 aromatic carbocycles. The van der Waals surface area contributed by atoms with Gasteiger partial charge in [-0.15, -0.1) is 0 Å². The fraction of sp³-hybridized carbons (Fsp3) is 0.0526. The van der Waals surface area contributed by atoms with Gasteiger partial charge in [0.05, 0.1) is 16.2 Å². The highest BCUT2D eigenvalue weighted by Gasteiger charge is 2.33. The zero-order valence-corrected chi connectivity index (χ0v) is 15.8. The van der Waals surface area contributed by atoms with Crippen LogP contribution in [0.2, 0.25) is 0 Å². The second-order valence-electron chi connectivity index (χ2n) is 5.62. The fourth-order valence-corrected chi connectivity index (χ4v) is 3.70. The number of aromatic carboxylic acids is 1. The molecule has 1 aliphatic heterocycles. The molecule has 1 fully saturated rings. The number of carbonyl (C=O) groups is 3. The maximum absolute atomic E-state index is 12.7. The standard InChI is InChI=1S/C19H13NO6S2/c21-16(22)10-26-14-7-1-11(2-8-14)9-15-17(23)20(19(27)28-15)13-5-3-12(4-6-13)18(24)25/h1-9H,10H2,(H,21,22)(H,24,25)/b15-9-. The minimum Gasteiger partial charge on any atom is -0.482 e. The van der Waals surface area contributed by atoms with Gasteiger partial charge >= 0.3 is 11.9 Å². The minimum atomic E-state index is -1.07. The lowest BCUT2D eigenvalue weighted by Crippen LogP contribution is -2.27. The summed E-state index contributed by atoms with van der Waals surface area (Å²) in [6.45, 7) is -0.432. The largest absolute Gasteiger partial charge is 0.482 e. The lowest BCUT2D eigenvalue weighted by molar-refractivity contribution is -0.139. The van der Waals surface area contributed by atoms with Crippen molar-refractivity contribution in [2.24, 2.45) is 0 Å². The third kappa shape index (κ3) is 4.38. The summed E-state index contributed by atoms with van der Waals surface area (Å²) in [6, 6.07) is 12.5. The lowest BCUT2D eigenvalue weighted by Gasteiger charge is -2.14. The van der Waals surface area contributed by atoms with Crippen LogP contribution in [0.3, 0.4) is 0 Å². The molecule has 7 nitrogen and oxygen atoms in total. The third-order valence-corrected chi connectivity index (χ3v) is 5.01. The van der Waals surface area contributed by atoms with Crippen molar-refractivity contribution in [2.45, 2.75) is 0 Å². The molecule has 0 aliphatic carbocycles. The first-order chi connectivity index (χ1) is 13.3. The molecule has 0 spiro atoms. The lowest BCUT2D eigenvalue weighted by atomic mass is 10.2.